The van der Waals surface area contributed by atoms with Crippen molar-refractivity contribution in [3.63, 3.8) is 0 Å². The molecule has 4 rings (SSSR count). The van der Waals surface area contributed by atoms with Crippen molar-refractivity contribution >= 4 is 23.6 Å². The molecule has 46 heavy (non-hydrogen) atoms. The van der Waals surface area contributed by atoms with E-state index < -0.39 is 12.0 Å². The summed E-state index contributed by atoms with van der Waals surface area (Å²) in [5, 5.41) is 2.92. The molecule has 3 aromatic rings. The van der Waals surface area contributed by atoms with Gasteiger partial charge in [0.15, 0.2) is 0 Å². The minimum absolute atomic E-state index is 0.0115. The van der Waals surface area contributed by atoms with E-state index in [9.17, 15) is 9.59 Å². The number of hydrogen-bond acceptors (Lipinski definition) is 7. The molecule has 1 amide bonds. The molecular weight excluding hydrogens is 598 g/mol. The van der Waals surface area contributed by atoms with Gasteiger partial charge in [0, 0.05) is 5.56 Å². The van der Waals surface area contributed by atoms with Gasteiger partial charge in [0.1, 0.15) is 11.8 Å². The first-order valence-electron chi connectivity index (χ1n) is 16.3. The average Bonchev–Trinajstić information content (AvgIpc) is 3.09. The highest BCUT2D eigenvalue weighted by atomic mass is 32.2. The van der Waals surface area contributed by atoms with Crippen molar-refractivity contribution in [2.75, 3.05) is 32.8 Å². The fraction of sp³-hybridized carbons (Fsp3) is 0.474. The van der Waals surface area contributed by atoms with E-state index in [1.807, 2.05) is 79.9 Å². The van der Waals surface area contributed by atoms with E-state index in [1.54, 1.807) is 18.9 Å². The third-order valence-electron chi connectivity index (χ3n) is 8.70. The van der Waals surface area contributed by atoms with E-state index in [4.69, 9.17) is 18.9 Å². The third kappa shape index (κ3) is 10.6. The lowest BCUT2D eigenvalue weighted by molar-refractivity contribution is -0.142. The molecule has 0 aliphatic heterocycles. The first-order chi connectivity index (χ1) is 22.4. The van der Waals surface area contributed by atoms with E-state index in [2.05, 4.69) is 5.32 Å². The van der Waals surface area contributed by atoms with Gasteiger partial charge < -0.3 is 24.3 Å². The van der Waals surface area contributed by atoms with E-state index in [0.29, 0.717) is 37.7 Å². The predicted molar refractivity (Wildman–Crippen MR) is 185 cm³/mol. The maximum atomic E-state index is 13.6. The van der Waals surface area contributed by atoms with Crippen molar-refractivity contribution in [3.05, 3.63) is 89.0 Å². The molecular formula is C38H49NO6S. The minimum Gasteiger partial charge on any atom is -0.497 e. The minimum atomic E-state index is -0.711. The van der Waals surface area contributed by atoms with Crippen LogP contribution in [-0.2, 0) is 32.2 Å². The number of carbonyl (C=O) groups excluding carboxylic acids is 2. The summed E-state index contributed by atoms with van der Waals surface area (Å²) in [6, 6.07) is 21.1. The summed E-state index contributed by atoms with van der Waals surface area (Å²) in [5.74, 6) is 1.47. The van der Waals surface area contributed by atoms with Gasteiger partial charge in [-0.25, -0.2) is 4.79 Å². The van der Waals surface area contributed by atoms with Crippen LogP contribution in [0.1, 0.15) is 72.0 Å². The molecule has 0 saturated heterocycles. The Morgan fingerprint density at radius 2 is 1.65 bits per heavy atom. The number of rotatable bonds is 17. The first-order valence-corrected chi connectivity index (χ1v) is 17.7. The van der Waals surface area contributed by atoms with Crippen LogP contribution in [0, 0.1) is 12.8 Å². The molecule has 1 fully saturated rings. The zero-order chi connectivity index (χ0) is 32.7. The Morgan fingerprint density at radius 3 is 2.35 bits per heavy atom. The number of esters is 1. The summed E-state index contributed by atoms with van der Waals surface area (Å²) < 4.78 is 23.0. The Hall–Kier alpha value is -3.33. The van der Waals surface area contributed by atoms with Crippen molar-refractivity contribution in [1.82, 2.24) is 5.32 Å². The zero-order valence-electron chi connectivity index (χ0n) is 27.7. The molecule has 2 atom stereocenters. The van der Waals surface area contributed by atoms with Crippen molar-refractivity contribution in [1.29, 1.82) is 0 Å². The summed E-state index contributed by atoms with van der Waals surface area (Å²) in [4.78, 5) is 26.0. The molecule has 248 valence electrons. The fourth-order valence-corrected chi connectivity index (χ4v) is 6.53. The summed E-state index contributed by atoms with van der Waals surface area (Å²) >= 11 is 1.62. The maximum Gasteiger partial charge on any atom is 0.328 e. The highest BCUT2D eigenvalue weighted by Gasteiger charge is 2.24. The molecule has 0 radical (unpaired) electrons. The third-order valence-corrected chi connectivity index (χ3v) is 9.35. The van der Waals surface area contributed by atoms with E-state index in [0.717, 1.165) is 45.7 Å². The van der Waals surface area contributed by atoms with Gasteiger partial charge in [-0.15, -0.1) is 0 Å². The predicted octanol–water partition coefficient (Wildman–Crippen LogP) is 7.77. The number of methoxy groups -OCH3 is 2. The monoisotopic (exact) mass is 647 g/mol. The number of benzene rings is 3. The smallest absolute Gasteiger partial charge is 0.328 e. The highest BCUT2D eigenvalue weighted by molar-refractivity contribution is 7.98. The highest BCUT2D eigenvalue weighted by Crippen LogP contribution is 2.30. The standard InChI is InChI=1S/C38H49NO6S/c1-27-10-8-9-13-33(27)35-23-30(16-19-34(35)37(40)39-36(20-21-46-4)38(41)43-3)24-44-26-32(22-28-11-6-5-7-12-28)45-25-29-14-17-31(42-2)18-15-29/h8-10,13-19,23,28,32,36H,5-7,11-12,20-22,24-26H2,1-4H3,(H,39,40)/t32-,36-/m0/s1. The van der Waals surface area contributed by atoms with Gasteiger partial charge >= 0.3 is 5.97 Å². The summed E-state index contributed by atoms with van der Waals surface area (Å²) in [6.07, 6.45) is 9.84. The fourth-order valence-electron chi connectivity index (χ4n) is 6.06. The van der Waals surface area contributed by atoms with Crippen LogP contribution >= 0.6 is 11.8 Å². The van der Waals surface area contributed by atoms with Crippen molar-refractivity contribution < 1.29 is 28.5 Å². The number of amides is 1. The Labute approximate surface area is 278 Å². The maximum absolute atomic E-state index is 13.6. The second-order valence-corrected chi connectivity index (χ2v) is 13.0. The first kappa shape index (κ1) is 35.5. The molecule has 7 nitrogen and oxygen atoms in total. The number of ether oxygens (including phenoxy) is 4. The van der Waals surface area contributed by atoms with Crippen molar-refractivity contribution in [3.8, 4) is 16.9 Å². The lowest BCUT2D eigenvalue weighted by Gasteiger charge is -2.27. The Balaban J connectivity index is 1.48. The SMILES string of the molecule is COC(=O)[C@H](CCSC)NC(=O)c1ccc(COC[C@H](CC2CCCCC2)OCc2ccc(OC)cc2)cc1-c1ccccc1C. The number of aryl methyl sites for hydroxylation is 1. The second-order valence-electron chi connectivity index (χ2n) is 12.1. The molecule has 0 aromatic heterocycles. The molecule has 1 N–H and O–H groups in total. The molecule has 0 unspecified atom stereocenters. The van der Waals surface area contributed by atoms with Crippen LogP contribution in [0.2, 0.25) is 0 Å². The van der Waals surface area contributed by atoms with Gasteiger partial charge in [-0.3, -0.25) is 4.79 Å². The van der Waals surface area contributed by atoms with Gasteiger partial charge in [0.05, 0.1) is 40.1 Å². The number of hydrogen-bond donors (Lipinski definition) is 1. The summed E-state index contributed by atoms with van der Waals surface area (Å²) in [7, 11) is 3.02. The number of thioether (sulfide) groups is 1. The van der Waals surface area contributed by atoms with Gasteiger partial charge in [0.2, 0.25) is 0 Å². The van der Waals surface area contributed by atoms with Crippen LogP contribution in [0.5, 0.6) is 5.75 Å². The largest absolute Gasteiger partial charge is 0.497 e. The van der Waals surface area contributed by atoms with Gasteiger partial charge in [-0.1, -0.05) is 74.6 Å². The number of nitrogens with one attached hydrogen (secondary N) is 1. The molecule has 0 spiro atoms. The van der Waals surface area contributed by atoms with Crippen LogP contribution < -0.4 is 10.1 Å². The Kier molecular flexibility index (Phi) is 14.5. The number of carbonyl (C=O) groups is 2. The molecule has 3 aromatic carbocycles. The normalized spacial score (nSPS) is 14.8. The van der Waals surface area contributed by atoms with Gasteiger partial charge in [-0.2, -0.15) is 11.8 Å². The summed E-state index contributed by atoms with van der Waals surface area (Å²) in [6.45, 7) is 3.44. The van der Waals surface area contributed by atoms with Gasteiger partial charge in [0.25, 0.3) is 5.91 Å². The Bertz CT molecular complexity index is 1390. The molecule has 0 bridgehead atoms. The van der Waals surface area contributed by atoms with E-state index in [1.165, 1.54) is 39.2 Å². The van der Waals surface area contributed by atoms with Crippen LogP contribution in [0.15, 0.2) is 66.7 Å². The zero-order valence-corrected chi connectivity index (χ0v) is 28.5. The molecule has 1 aliphatic rings. The van der Waals surface area contributed by atoms with Crippen LogP contribution in [0.3, 0.4) is 0 Å². The van der Waals surface area contributed by atoms with E-state index in [-0.39, 0.29) is 12.0 Å². The van der Waals surface area contributed by atoms with Gasteiger partial charge in [-0.05, 0) is 89.8 Å². The average molecular weight is 648 g/mol. The van der Waals surface area contributed by atoms with Crippen molar-refractivity contribution in [2.24, 2.45) is 5.92 Å². The van der Waals surface area contributed by atoms with Crippen LogP contribution in [-0.4, -0.2) is 56.9 Å². The molecule has 1 saturated carbocycles. The lowest BCUT2D eigenvalue weighted by atomic mass is 9.85. The lowest BCUT2D eigenvalue weighted by Crippen LogP contribution is -2.42. The second kappa shape index (κ2) is 18.7. The molecule has 8 heteroatoms. The van der Waals surface area contributed by atoms with Crippen LogP contribution in [0.25, 0.3) is 11.1 Å². The Morgan fingerprint density at radius 1 is 0.913 bits per heavy atom. The molecule has 0 heterocycles. The molecule has 1 aliphatic carbocycles. The quantitative estimate of drug-likeness (QED) is 0.150. The topological polar surface area (TPSA) is 83.1 Å². The van der Waals surface area contributed by atoms with Crippen LogP contribution in [0.4, 0.5) is 0 Å². The van der Waals surface area contributed by atoms with E-state index >= 15 is 0 Å². The van der Waals surface area contributed by atoms with Crippen molar-refractivity contribution in [2.45, 2.75) is 77.2 Å². The summed E-state index contributed by atoms with van der Waals surface area (Å²) in [5.41, 5.74) is 5.41.